The van der Waals surface area contributed by atoms with Crippen LogP contribution in [0.4, 0.5) is 0 Å². The Labute approximate surface area is 357 Å². The zero-order chi connectivity index (χ0) is 43.2. The van der Waals surface area contributed by atoms with E-state index in [4.69, 9.17) is 23.5 Å². The first kappa shape index (κ1) is 55.1. The number of ether oxygens (including phenoxy) is 4. The second kappa shape index (κ2) is 37.8. The maximum Gasteiger partial charge on any atom is 0.397 e. The summed E-state index contributed by atoms with van der Waals surface area (Å²) < 4.78 is 59.0. The predicted molar refractivity (Wildman–Crippen MR) is 234 cm³/mol. The smallest absolute Gasteiger partial charge is 0.397 e. The molecule has 6 unspecified atom stereocenters. The van der Waals surface area contributed by atoms with Crippen LogP contribution < -0.4 is 0 Å². The molecule has 1 rings (SSSR count). The van der Waals surface area contributed by atoms with E-state index in [9.17, 15) is 28.5 Å². The average Bonchev–Trinajstić information content (AvgIpc) is 3.20. The number of esters is 1. The first-order valence-electron chi connectivity index (χ1n) is 22.9. The van der Waals surface area contributed by atoms with Crippen LogP contribution in [-0.4, -0.2) is 97.5 Å². The second-order valence-corrected chi connectivity index (χ2v) is 16.7. The van der Waals surface area contributed by atoms with Crippen LogP contribution >= 0.6 is 0 Å². The van der Waals surface area contributed by atoms with E-state index in [0.717, 1.165) is 70.6 Å². The van der Waals surface area contributed by atoms with Gasteiger partial charge in [0.2, 0.25) is 0 Å². The molecular weight excluding hydrogens is 777 g/mol. The lowest BCUT2D eigenvalue weighted by Gasteiger charge is -2.41. The zero-order valence-corrected chi connectivity index (χ0v) is 37.4. The first-order chi connectivity index (χ1) is 28.6. The van der Waals surface area contributed by atoms with Crippen molar-refractivity contribution in [3.05, 3.63) is 48.6 Å². The van der Waals surface area contributed by atoms with Gasteiger partial charge in [0, 0.05) is 13.0 Å². The molecule has 1 fully saturated rings. The molecule has 0 aromatic carbocycles. The fourth-order valence-electron chi connectivity index (χ4n) is 6.78. The van der Waals surface area contributed by atoms with Gasteiger partial charge in [0.15, 0.2) is 6.29 Å². The summed E-state index contributed by atoms with van der Waals surface area (Å²) in [4.78, 5) is 12.8. The molecule has 6 atom stereocenters. The average molecular weight is 859 g/mol. The van der Waals surface area contributed by atoms with Crippen molar-refractivity contribution in [2.75, 3.05) is 26.4 Å². The summed E-state index contributed by atoms with van der Waals surface area (Å²) in [5.41, 5.74) is 0. The molecule has 4 N–H and O–H groups in total. The van der Waals surface area contributed by atoms with E-state index in [1.807, 2.05) is 0 Å². The van der Waals surface area contributed by atoms with Gasteiger partial charge in [0.25, 0.3) is 0 Å². The summed E-state index contributed by atoms with van der Waals surface area (Å²) in [7, 11) is -5.06. The van der Waals surface area contributed by atoms with Crippen molar-refractivity contribution in [2.24, 2.45) is 0 Å². The lowest BCUT2D eigenvalue weighted by Crippen LogP contribution is -2.60. The van der Waals surface area contributed by atoms with Crippen molar-refractivity contribution in [1.29, 1.82) is 0 Å². The molecule has 1 saturated heterocycles. The lowest BCUT2D eigenvalue weighted by atomic mass is 9.99. The number of hydrogen-bond donors (Lipinski definition) is 4. The van der Waals surface area contributed by atoms with E-state index >= 15 is 0 Å². The maximum atomic E-state index is 12.8. The molecule has 0 radical (unpaired) electrons. The van der Waals surface area contributed by atoms with Gasteiger partial charge in [-0.1, -0.05) is 165 Å². The van der Waals surface area contributed by atoms with Gasteiger partial charge in [-0.15, -0.1) is 0 Å². The SMILES string of the molecule is CC/C=C\C/C=C\C/C=C\C/C=C\CCCCCCCCCCC(=O)OC(COCCCCCCCCCCCCC)COC1OC(CO)C(O)C(OS(=O)(=O)O)C1O. The van der Waals surface area contributed by atoms with Gasteiger partial charge in [-0.25, -0.2) is 4.18 Å². The van der Waals surface area contributed by atoms with Crippen molar-refractivity contribution in [1.82, 2.24) is 0 Å². The molecule has 0 bridgehead atoms. The third-order valence-corrected chi connectivity index (χ3v) is 10.7. The summed E-state index contributed by atoms with van der Waals surface area (Å²) in [6, 6.07) is 0. The van der Waals surface area contributed by atoms with Gasteiger partial charge in [0.05, 0.1) is 19.8 Å². The Kier molecular flexibility index (Phi) is 35.3. The number of rotatable bonds is 39. The highest BCUT2D eigenvalue weighted by Crippen LogP contribution is 2.26. The van der Waals surface area contributed by atoms with Crippen molar-refractivity contribution in [3.8, 4) is 0 Å². The molecule has 0 aromatic rings. The highest BCUT2D eigenvalue weighted by molar-refractivity contribution is 7.80. The molecule has 0 aromatic heterocycles. The monoisotopic (exact) mass is 859 g/mol. The quantitative estimate of drug-likeness (QED) is 0.0199. The molecular formula is C46H82O12S. The number of aliphatic hydroxyl groups excluding tert-OH is 3. The topological polar surface area (TPSA) is 178 Å². The number of unbranched alkanes of at least 4 members (excludes halogenated alkanes) is 18. The van der Waals surface area contributed by atoms with Gasteiger partial charge in [-0.2, -0.15) is 8.42 Å². The third kappa shape index (κ3) is 31.6. The Morgan fingerprint density at radius 1 is 0.661 bits per heavy atom. The summed E-state index contributed by atoms with van der Waals surface area (Å²) in [6.07, 6.45) is 35.7. The summed E-state index contributed by atoms with van der Waals surface area (Å²) in [6.45, 7) is 3.86. The minimum atomic E-state index is -5.06. The molecule has 59 heavy (non-hydrogen) atoms. The minimum absolute atomic E-state index is 0.0333. The Morgan fingerprint density at radius 2 is 1.17 bits per heavy atom. The Hall–Kier alpha value is -1.94. The number of aliphatic hydroxyl groups is 3. The fourth-order valence-corrected chi connectivity index (χ4v) is 7.29. The molecule has 12 nitrogen and oxygen atoms in total. The van der Waals surface area contributed by atoms with Gasteiger partial charge in [-0.05, 0) is 51.4 Å². The number of carbonyl (C=O) groups is 1. The standard InChI is InChI=1S/C46H82O12S/c1-3-5-7-9-11-13-15-16-17-18-19-20-21-22-23-24-25-27-29-31-33-35-42(48)56-40(38-54-36-34-32-30-28-26-14-12-10-8-6-4-2)39-55-46-44(50)45(58-59(51,52)53)43(49)41(37-47)57-46/h5,7,11,13,16-17,19-20,40-41,43-47,49-50H,3-4,6,8-10,12,14-15,18,21-39H2,1-2H3,(H,51,52,53)/b7-5-,13-11-,17-16-,20-19-. The summed E-state index contributed by atoms with van der Waals surface area (Å²) >= 11 is 0. The van der Waals surface area contributed by atoms with Crippen LogP contribution in [-0.2, 0) is 38.3 Å². The van der Waals surface area contributed by atoms with Gasteiger partial charge in [-0.3, -0.25) is 9.35 Å². The number of hydrogen-bond acceptors (Lipinski definition) is 11. The third-order valence-electron chi connectivity index (χ3n) is 10.2. The molecule has 1 aliphatic rings. The molecule has 344 valence electrons. The van der Waals surface area contributed by atoms with Crippen LogP contribution in [0.5, 0.6) is 0 Å². The lowest BCUT2D eigenvalue weighted by molar-refractivity contribution is -0.301. The molecule has 1 aliphatic heterocycles. The van der Waals surface area contributed by atoms with E-state index in [1.165, 1.54) is 77.0 Å². The largest absolute Gasteiger partial charge is 0.457 e. The minimum Gasteiger partial charge on any atom is -0.457 e. The molecule has 0 aliphatic carbocycles. The van der Waals surface area contributed by atoms with Crippen molar-refractivity contribution in [2.45, 2.75) is 211 Å². The first-order valence-corrected chi connectivity index (χ1v) is 24.3. The Morgan fingerprint density at radius 3 is 1.71 bits per heavy atom. The zero-order valence-electron chi connectivity index (χ0n) is 36.6. The maximum absolute atomic E-state index is 12.8. The Bertz CT molecular complexity index is 1220. The van der Waals surface area contributed by atoms with Crippen LogP contribution in [0.25, 0.3) is 0 Å². The van der Waals surface area contributed by atoms with Crippen LogP contribution in [0.15, 0.2) is 48.6 Å². The molecule has 13 heteroatoms. The predicted octanol–water partition coefficient (Wildman–Crippen LogP) is 9.58. The molecule has 0 spiro atoms. The van der Waals surface area contributed by atoms with Gasteiger partial charge in [0.1, 0.15) is 30.5 Å². The number of carbonyl (C=O) groups excluding carboxylic acids is 1. The van der Waals surface area contributed by atoms with Crippen molar-refractivity contribution in [3.63, 3.8) is 0 Å². The van der Waals surface area contributed by atoms with Gasteiger partial charge >= 0.3 is 16.4 Å². The molecule has 1 heterocycles. The van der Waals surface area contributed by atoms with Gasteiger partial charge < -0.3 is 34.3 Å². The molecule has 0 saturated carbocycles. The highest BCUT2D eigenvalue weighted by atomic mass is 32.3. The Balaban J connectivity index is 2.39. The van der Waals surface area contributed by atoms with E-state index in [0.29, 0.717) is 13.0 Å². The van der Waals surface area contributed by atoms with Crippen molar-refractivity contribution < 1.29 is 56.2 Å². The van der Waals surface area contributed by atoms with E-state index in [2.05, 4.69) is 66.6 Å². The van der Waals surface area contributed by atoms with Crippen LogP contribution in [0, 0.1) is 0 Å². The van der Waals surface area contributed by atoms with E-state index < -0.39 is 59.8 Å². The number of allylic oxidation sites excluding steroid dienone is 8. The van der Waals surface area contributed by atoms with Crippen LogP contribution in [0.3, 0.4) is 0 Å². The van der Waals surface area contributed by atoms with E-state index in [-0.39, 0.29) is 19.6 Å². The normalized spacial score (nSPS) is 20.8. The van der Waals surface area contributed by atoms with E-state index in [1.54, 1.807) is 0 Å². The fraction of sp³-hybridized carbons (Fsp3) is 0.804. The highest BCUT2D eigenvalue weighted by Gasteiger charge is 2.48. The molecule has 0 amide bonds. The van der Waals surface area contributed by atoms with Crippen LogP contribution in [0.2, 0.25) is 0 Å². The second-order valence-electron chi connectivity index (χ2n) is 15.6. The van der Waals surface area contributed by atoms with Crippen molar-refractivity contribution >= 4 is 16.4 Å². The summed E-state index contributed by atoms with van der Waals surface area (Å²) in [5, 5.41) is 30.6. The van der Waals surface area contributed by atoms with Crippen LogP contribution in [0.1, 0.15) is 174 Å². The summed E-state index contributed by atoms with van der Waals surface area (Å²) in [5.74, 6) is -0.408.